The molecule has 1 aromatic carbocycles. The van der Waals surface area contributed by atoms with Crippen LogP contribution in [-0.2, 0) is 4.74 Å². The number of hydrogen-bond acceptors (Lipinski definition) is 5. The van der Waals surface area contributed by atoms with Gasteiger partial charge in [0.05, 0.1) is 11.0 Å². The van der Waals surface area contributed by atoms with E-state index in [1.807, 2.05) is 0 Å². The van der Waals surface area contributed by atoms with E-state index >= 15 is 0 Å². The Kier molecular flexibility index (Phi) is 4.47. The van der Waals surface area contributed by atoms with Gasteiger partial charge in [0, 0.05) is 37.2 Å². The van der Waals surface area contributed by atoms with E-state index in [-0.39, 0.29) is 29.3 Å². The lowest BCUT2D eigenvalue weighted by molar-refractivity contribution is -0.384. The highest BCUT2D eigenvalue weighted by Gasteiger charge is 2.38. The van der Waals surface area contributed by atoms with Gasteiger partial charge in [-0.2, -0.15) is 0 Å². The van der Waals surface area contributed by atoms with Gasteiger partial charge < -0.3 is 15.4 Å². The molecule has 1 saturated heterocycles. The van der Waals surface area contributed by atoms with Crippen molar-refractivity contribution in [3.8, 4) is 0 Å². The smallest absolute Gasteiger partial charge is 0.293 e. The van der Waals surface area contributed by atoms with Crippen LogP contribution in [0, 0.1) is 16.0 Å². The summed E-state index contributed by atoms with van der Waals surface area (Å²) >= 11 is 0. The van der Waals surface area contributed by atoms with Crippen LogP contribution in [0.15, 0.2) is 18.2 Å². The molecule has 124 valence electrons. The second-order valence-corrected chi connectivity index (χ2v) is 6.11. The van der Waals surface area contributed by atoms with E-state index in [0.717, 1.165) is 32.3 Å². The first-order valence-electron chi connectivity index (χ1n) is 7.99. The zero-order valence-electron chi connectivity index (χ0n) is 13.1. The highest BCUT2D eigenvalue weighted by molar-refractivity contribution is 5.95. The number of nitrogens with one attached hydrogen (secondary N) is 2. The molecular weight excluding hydrogens is 298 g/mol. The van der Waals surface area contributed by atoms with Gasteiger partial charge in [-0.15, -0.1) is 0 Å². The van der Waals surface area contributed by atoms with Gasteiger partial charge in [0.2, 0.25) is 0 Å². The van der Waals surface area contributed by atoms with E-state index in [0.29, 0.717) is 11.6 Å². The van der Waals surface area contributed by atoms with Crippen molar-refractivity contribution < 1.29 is 14.5 Å². The molecule has 2 N–H and O–H groups in total. The van der Waals surface area contributed by atoms with E-state index in [1.54, 1.807) is 12.1 Å². The van der Waals surface area contributed by atoms with Crippen LogP contribution in [0.3, 0.4) is 0 Å². The van der Waals surface area contributed by atoms with Crippen LogP contribution in [-0.4, -0.2) is 36.6 Å². The second-order valence-electron chi connectivity index (χ2n) is 6.11. The van der Waals surface area contributed by atoms with E-state index in [1.165, 1.54) is 13.1 Å². The fraction of sp³-hybridized carbons (Fsp3) is 0.562. The number of nitro benzene ring substituents is 1. The molecule has 1 aliphatic carbocycles. The molecule has 23 heavy (non-hydrogen) atoms. The number of carbonyl (C=O) groups is 1. The van der Waals surface area contributed by atoms with Crippen LogP contribution in [0.25, 0.3) is 0 Å². The van der Waals surface area contributed by atoms with E-state index < -0.39 is 4.92 Å². The fourth-order valence-electron chi connectivity index (χ4n) is 3.64. The molecule has 0 aromatic heterocycles. The topological polar surface area (TPSA) is 93.5 Å². The molecule has 1 heterocycles. The summed E-state index contributed by atoms with van der Waals surface area (Å²) in [7, 11) is 1.50. The quantitative estimate of drug-likeness (QED) is 0.656. The maximum Gasteiger partial charge on any atom is 0.293 e. The van der Waals surface area contributed by atoms with E-state index in [4.69, 9.17) is 4.74 Å². The summed E-state index contributed by atoms with van der Waals surface area (Å²) in [6.45, 7) is 0.769. The molecule has 1 aromatic rings. The number of carbonyl (C=O) groups excluding carboxylic acids is 1. The van der Waals surface area contributed by atoms with Crippen molar-refractivity contribution in [1.82, 2.24) is 5.32 Å². The van der Waals surface area contributed by atoms with Crippen LogP contribution < -0.4 is 10.6 Å². The Labute approximate surface area is 134 Å². The minimum absolute atomic E-state index is 0.0628. The van der Waals surface area contributed by atoms with Gasteiger partial charge in [-0.1, -0.05) is 0 Å². The molecule has 1 amide bonds. The SMILES string of the molecule is CNC(=O)c1ccc(NC2CCCC3OCCC23)c([N+](=O)[O-])c1. The summed E-state index contributed by atoms with van der Waals surface area (Å²) in [5.41, 5.74) is 0.697. The predicted molar refractivity (Wildman–Crippen MR) is 85.6 cm³/mol. The Morgan fingerprint density at radius 1 is 1.35 bits per heavy atom. The minimum Gasteiger partial charge on any atom is -0.378 e. The molecule has 1 aliphatic heterocycles. The summed E-state index contributed by atoms with van der Waals surface area (Å²) in [6.07, 6.45) is 4.37. The van der Waals surface area contributed by atoms with Crippen molar-refractivity contribution in [2.75, 3.05) is 19.0 Å². The molecule has 0 spiro atoms. The average molecular weight is 319 g/mol. The Hall–Kier alpha value is -2.15. The van der Waals surface area contributed by atoms with Crippen LogP contribution in [0.1, 0.15) is 36.0 Å². The van der Waals surface area contributed by atoms with Gasteiger partial charge in [0.25, 0.3) is 11.6 Å². The molecule has 7 heteroatoms. The first-order valence-corrected chi connectivity index (χ1v) is 7.99. The van der Waals surface area contributed by atoms with Crippen LogP contribution in [0.4, 0.5) is 11.4 Å². The Bertz CT molecular complexity index is 619. The highest BCUT2D eigenvalue weighted by atomic mass is 16.6. The molecule has 2 fully saturated rings. The standard InChI is InChI=1S/C16H21N3O4/c1-17-16(20)10-5-6-13(14(9-10)19(21)22)18-12-3-2-4-15-11(12)7-8-23-15/h5-6,9,11-12,15,18H,2-4,7-8H2,1H3,(H,17,20). The third-order valence-corrected chi connectivity index (χ3v) is 4.81. The lowest BCUT2D eigenvalue weighted by atomic mass is 9.81. The molecular formula is C16H21N3O4. The molecule has 3 unspecified atom stereocenters. The number of fused-ring (bicyclic) bond motifs is 1. The minimum atomic E-state index is -0.444. The van der Waals surface area contributed by atoms with Crippen molar-refractivity contribution >= 4 is 17.3 Å². The zero-order valence-corrected chi connectivity index (χ0v) is 13.1. The molecule has 1 saturated carbocycles. The molecule has 3 rings (SSSR count). The number of nitrogens with zero attached hydrogens (tertiary/aromatic N) is 1. The van der Waals surface area contributed by atoms with Crippen molar-refractivity contribution in [2.24, 2.45) is 5.92 Å². The number of ether oxygens (including phenoxy) is 1. The number of nitro groups is 1. The molecule has 0 bridgehead atoms. The molecule has 2 aliphatic rings. The summed E-state index contributed by atoms with van der Waals surface area (Å²) in [5.74, 6) is 0.0727. The molecule has 0 radical (unpaired) electrons. The number of amides is 1. The maximum absolute atomic E-state index is 11.7. The normalized spacial score (nSPS) is 26.4. The Morgan fingerprint density at radius 2 is 2.17 bits per heavy atom. The van der Waals surface area contributed by atoms with Gasteiger partial charge in [-0.05, 0) is 37.8 Å². The van der Waals surface area contributed by atoms with Crippen molar-refractivity contribution in [1.29, 1.82) is 0 Å². The van der Waals surface area contributed by atoms with E-state index in [2.05, 4.69) is 10.6 Å². The average Bonchev–Trinajstić information content (AvgIpc) is 3.04. The first-order chi connectivity index (χ1) is 11.1. The van der Waals surface area contributed by atoms with Crippen LogP contribution in [0.5, 0.6) is 0 Å². The Morgan fingerprint density at radius 3 is 2.91 bits per heavy atom. The lowest BCUT2D eigenvalue weighted by Crippen LogP contribution is -2.38. The third-order valence-electron chi connectivity index (χ3n) is 4.81. The van der Waals surface area contributed by atoms with Gasteiger partial charge in [0.15, 0.2) is 0 Å². The highest BCUT2D eigenvalue weighted by Crippen LogP contribution is 2.37. The van der Waals surface area contributed by atoms with Crippen LogP contribution >= 0.6 is 0 Å². The summed E-state index contributed by atoms with van der Waals surface area (Å²) < 4.78 is 5.74. The summed E-state index contributed by atoms with van der Waals surface area (Å²) in [5, 5.41) is 17.2. The summed E-state index contributed by atoms with van der Waals surface area (Å²) in [6, 6.07) is 4.75. The largest absolute Gasteiger partial charge is 0.378 e. The third kappa shape index (κ3) is 3.14. The number of hydrogen-bond donors (Lipinski definition) is 2. The van der Waals surface area contributed by atoms with Crippen LogP contribution in [0.2, 0.25) is 0 Å². The zero-order chi connectivity index (χ0) is 16.4. The number of anilines is 1. The summed E-state index contributed by atoms with van der Waals surface area (Å²) in [4.78, 5) is 22.6. The fourth-order valence-corrected chi connectivity index (χ4v) is 3.64. The van der Waals surface area contributed by atoms with Gasteiger partial charge >= 0.3 is 0 Å². The lowest BCUT2D eigenvalue weighted by Gasteiger charge is -2.33. The van der Waals surface area contributed by atoms with Gasteiger partial charge in [-0.3, -0.25) is 14.9 Å². The van der Waals surface area contributed by atoms with E-state index in [9.17, 15) is 14.9 Å². The first kappa shape index (κ1) is 15.7. The van der Waals surface area contributed by atoms with Crippen molar-refractivity contribution in [3.63, 3.8) is 0 Å². The molecule has 3 atom stereocenters. The van der Waals surface area contributed by atoms with Gasteiger partial charge in [0.1, 0.15) is 5.69 Å². The van der Waals surface area contributed by atoms with Gasteiger partial charge in [-0.25, -0.2) is 0 Å². The second kappa shape index (κ2) is 6.54. The molecule has 7 nitrogen and oxygen atoms in total. The maximum atomic E-state index is 11.7. The van der Waals surface area contributed by atoms with Crippen molar-refractivity contribution in [3.05, 3.63) is 33.9 Å². The Balaban J connectivity index is 1.84. The monoisotopic (exact) mass is 319 g/mol. The predicted octanol–water partition coefficient (Wildman–Crippen LogP) is 2.32. The van der Waals surface area contributed by atoms with Crippen molar-refractivity contribution in [2.45, 2.75) is 37.8 Å². The number of rotatable bonds is 4. The number of benzene rings is 1.